The molecule has 0 radical (unpaired) electrons. The molecule has 0 saturated heterocycles. The Balaban J connectivity index is 1.28. The van der Waals surface area contributed by atoms with Crippen LogP contribution in [-0.2, 0) is 6.54 Å². The largest absolute Gasteiger partial charge is 0.369 e. The Morgan fingerprint density at radius 2 is 1.73 bits per heavy atom. The van der Waals surface area contributed by atoms with E-state index in [1.54, 1.807) is 0 Å². The van der Waals surface area contributed by atoms with E-state index in [0.29, 0.717) is 12.0 Å². The Bertz CT molecular complexity index is 1280. The lowest BCUT2D eigenvalue weighted by molar-refractivity contribution is 0.350. The van der Waals surface area contributed by atoms with Gasteiger partial charge in [0.2, 0.25) is 0 Å². The fourth-order valence-corrected chi connectivity index (χ4v) is 4.63. The normalized spacial score (nSPS) is 19.7. The summed E-state index contributed by atoms with van der Waals surface area (Å²) in [5.74, 6) is 0.271. The van der Waals surface area contributed by atoms with Gasteiger partial charge in [0.15, 0.2) is 0 Å². The number of halogens is 1. The number of fused-ring (bicyclic) bond motifs is 2. The fraction of sp³-hybridized carbons (Fsp3) is 0.148. The van der Waals surface area contributed by atoms with Gasteiger partial charge in [0.05, 0.1) is 5.52 Å². The third-order valence-electron chi connectivity index (χ3n) is 6.34. The molecule has 4 aromatic rings. The SMILES string of the molecule is Fc1ccc(-c2cccc3c2CN(C2CC2c2ccc4ccccc4n2)C=C3)cc1. The number of benzene rings is 3. The van der Waals surface area contributed by atoms with Gasteiger partial charge in [-0.2, -0.15) is 0 Å². The Hall–Kier alpha value is -3.46. The molecular weight excluding hydrogens is 371 g/mol. The maximum absolute atomic E-state index is 13.4. The highest BCUT2D eigenvalue weighted by Gasteiger charge is 2.43. The lowest BCUT2D eigenvalue weighted by Crippen LogP contribution is -2.24. The first-order chi connectivity index (χ1) is 14.8. The van der Waals surface area contributed by atoms with Gasteiger partial charge in [0, 0.05) is 35.8 Å². The van der Waals surface area contributed by atoms with Crippen molar-refractivity contribution in [1.29, 1.82) is 0 Å². The minimum atomic E-state index is -0.200. The van der Waals surface area contributed by atoms with Gasteiger partial charge in [0.25, 0.3) is 0 Å². The van der Waals surface area contributed by atoms with E-state index in [0.717, 1.165) is 24.0 Å². The van der Waals surface area contributed by atoms with E-state index in [1.807, 2.05) is 18.2 Å². The number of rotatable bonds is 3. The van der Waals surface area contributed by atoms with Crippen molar-refractivity contribution >= 4 is 17.0 Å². The molecule has 1 aliphatic heterocycles. The quantitative estimate of drug-likeness (QED) is 0.402. The summed E-state index contributed by atoms with van der Waals surface area (Å²) < 4.78 is 13.4. The predicted octanol–water partition coefficient (Wildman–Crippen LogP) is 6.38. The summed E-state index contributed by atoms with van der Waals surface area (Å²) in [7, 11) is 0. The number of pyridine rings is 1. The molecule has 0 N–H and O–H groups in total. The van der Waals surface area contributed by atoms with Crippen LogP contribution in [0.15, 0.2) is 85.1 Å². The molecule has 2 aliphatic rings. The van der Waals surface area contributed by atoms with Crippen LogP contribution in [0.25, 0.3) is 28.1 Å². The molecule has 0 spiro atoms. The molecule has 146 valence electrons. The second kappa shape index (κ2) is 6.81. The monoisotopic (exact) mass is 392 g/mol. The Labute approximate surface area is 175 Å². The average molecular weight is 392 g/mol. The average Bonchev–Trinajstić information content (AvgIpc) is 3.60. The number of nitrogens with zero attached hydrogens (tertiary/aromatic N) is 2. The van der Waals surface area contributed by atoms with Gasteiger partial charge in [-0.25, -0.2) is 4.39 Å². The van der Waals surface area contributed by atoms with Crippen molar-refractivity contribution < 1.29 is 4.39 Å². The molecule has 2 unspecified atom stereocenters. The standard InChI is InChI=1S/C27H21FN2/c28-21-11-8-19(9-12-21)22-6-3-5-18-14-15-30(17-24(18)22)27-16-23(27)26-13-10-20-4-1-2-7-25(20)29-26/h1-15,23,27H,16-17H2. The van der Waals surface area contributed by atoms with Gasteiger partial charge in [-0.15, -0.1) is 0 Å². The summed E-state index contributed by atoms with van der Waals surface area (Å²) >= 11 is 0. The number of hydrogen-bond donors (Lipinski definition) is 0. The van der Waals surface area contributed by atoms with E-state index in [-0.39, 0.29) is 5.82 Å². The Morgan fingerprint density at radius 1 is 0.867 bits per heavy atom. The summed E-state index contributed by atoms with van der Waals surface area (Å²) in [6, 6.07) is 26.3. The first-order valence-electron chi connectivity index (χ1n) is 10.4. The number of aromatic nitrogens is 1. The zero-order chi connectivity index (χ0) is 20.1. The van der Waals surface area contributed by atoms with E-state index in [1.165, 1.54) is 39.9 Å². The molecule has 1 fully saturated rings. The van der Waals surface area contributed by atoms with Crippen molar-refractivity contribution in [3.63, 3.8) is 0 Å². The molecule has 0 amide bonds. The predicted molar refractivity (Wildman–Crippen MR) is 119 cm³/mol. The molecule has 6 rings (SSSR count). The highest BCUT2D eigenvalue weighted by molar-refractivity contribution is 5.78. The van der Waals surface area contributed by atoms with Crippen molar-refractivity contribution in [1.82, 2.24) is 9.88 Å². The van der Waals surface area contributed by atoms with Gasteiger partial charge in [-0.1, -0.05) is 54.6 Å². The van der Waals surface area contributed by atoms with E-state index in [9.17, 15) is 4.39 Å². The molecule has 3 heteroatoms. The number of hydrogen-bond acceptors (Lipinski definition) is 2. The molecule has 1 aromatic heterocycles. The lowest BCUT2D eigenvalue weighted by Gasteiger charge is -2.28. The van der Waals surface area contributed by atoms with Crippen LogP contribution in [0.5, 0.6) is 0 Å². The van der Waals surface area contributed by atoms with Crippen LogP contribution in [0.2, 0.25) is 0 Å². The lowest BCUT2D eigenvalue weighted by atomic mass is 9.93. The maximum Gasteiger partial charge on any atom is 0.123 e. The van der Waals surface area contributed by atoms with Crippen LogP contribution in [0.1, 0.15) is 29.2 Å². The minimum absolute atomic E-state index is 0.200. The Kier molecular flexibility index (Phi) is 3.95. The third kappa shape index (κ3) is 2.98. The van der Waals surface area contributed by atoms with Crippen LogP contribution in [0, 0.1) is 5.82 Å². The second-order valence-electron chi connectivity index (χ2n) is 8.21. The van der Waals surface area contributed by atoms with E-state index in [4.69, 9.17) is 4.98 Å². The summed E-state index contributed by atoms with van der Waals surface area (Å²) in [4.78, 5) is 7.36. The van der Waals surface area contributed by atoms with Crippen LogP contribution >= 0.6 is 0 Å². The molecular formula is C27H21FN2. The van der Waals surface area contributed by atoms with Crippen LogP contribution in [-0.4, -0.2) is 15.9 Å². The molecule has 3 aromatic carbocycles. The van der Waals surface area contributed by atoms with Crippen molar-refractivity contribution in [2.24, 2.45) is 0 Å². The first kappa shape index (κ1) is 17.4. The van der Waals surface area contributed by atoms with Gasteiger partial charge < -0.3 is 4.90 Å². The zero-order valence-corrected chi connectivity index (χ0v) is 16.5. The van der Waals surface area contributed by atoms with E-state index >= 15 is 0 Å². The Morgan fingerprint density at radius 3 is 2.63 bits per heavy atom. The molecule has 30 heavy (non-hydrogen) atoms. The summed E-state index contributed by atoms with van der Waals surface area (Å²) in [5, 5.41) is 1.19. The summed E-state index contributed by atoms with van der Waals surface area (Å²) in [5.41, 5.74) is 7.05. The maximum atomic E-state index is 13.4. The van der Waals surface area contributed by atoms with Gasteiger partial charge in [-0.05, 0) is 59.0 Å². The third-order valence-corrected chi connectivity index (χ3v) is 6.34. The molecule has 1 aliphatic carbocycles. The second-order valence-corrected chi connectivity index (χ2v) is 8.21. The zero-order valence-electron chi connectivity index (χ0n) is 16.5. The van der Waals surface area contributed by atoms with Crippen molar-refractivity contribution in [3.8, 4) is 11.1 Å². The highest BCUT2D eigenvalue weighted by Crippen LogP contribution is 2.46. The molecule has 2 nitrogen and oxygen atoms in total. The molecule has 2 heterocycles. The fourth-order valence-electron chi connectivity index (χ4n) is 4.63. The highest BCUT2D eigenvalue weighted by atomic mass is 19.1. The molecule has 1 saturated carbocycles. The minimum Gasteiger partial charge on any atom is -0.369 e. The summed E-state index contributed by atoms with van der Waals surface area (Å²) in [6.07, 6.45) is 5.56. The van der Waals surface area contributed by atoms with Crippen molar-refractivity contribution in [3.05, 3.63) is 108 Å². The van der Waals surface area contributed by atoms with Crippen LogP contribution in [0.4, 0.5) is 4.39 Å². The first-order valence-corrected chi connectivity index (χ1v) is 10.4. The van der Waals surface area contributed by atoms with Crippen molar-refractivity contribution in [2.75, 3.05) is 0 Å². The molecule has 0 bridgehead atoms. The van der Waals surface area contributed by atoms with Crippen molar-refractivity contribution in [2.45, 2.75) is 24.9 Å². The summed E-state index contributed by atoms with van der Waals surface area (Å²) in [6.45, 7) is 0.869. The van der Waals surface area contributed by atoms with Gasteiger partial charge in [-0.3, -0.25) is 4.98 Å². The van der Waals surface area contributed by atoms with Gasteiger partial charge >= 0.3 is 0 Å². The topological polar surface area (TPSA) is 16.1 Å². The van der Waals surface area contributed by atoms with Crippen LogP contribution in [0.3, 0.4) is 0 Å². The smallest absolute Gasteiger partial charge is 0.123 e. The van der Waals surface area contributed by atoms with E-state index < -0.39 is 0 Å². The van der Waals surface area contributed by atoms with Crippen LogP contribution < -0.4 is 0 Å². The van der Waals surface area contributed by atoms with E-state index in [2.05, 4.69) is 65.7 Å². The van der Waals surface area contributed by atoms with Gasteiger partial charge in [0.1, 0.15) is 5.82 Å². The number of para-hydroxylation sites is 1. The molecule has 2 atom stereocenters.